The van der Waals surface area contributed by atoms with Crippen LogP contribution in [0.4, 0.5) is 0 Å². The van der Waals surface area contributed by atoms with E-state index >= 15 is 0 Å². The first-order chi connectivity index (χ1) is 19.0. The van der Waals surface area contributed by atoms with Crippen molar-refractivity contribution in [3.63, 3.8) is 0 Å². The Labute approximate surface area is 229 Å². The lowest BCUT2D eigenvalue weighted by molar-refractivity contribution is -0.140. The maximum atomic E-state index is 13.8. The number of nitrogens with one attached hydrogen (secondary N) is 1. The van der Waals surface area contributed by atoms with E-state index in [1.54, 1.807) is 18.2 Å². The number of carbonyl (C=O) groups is 3. The molecule has 5 rings (SSSR count). The summed E-state index contributed by atoms with van der Waals surface area (Å²) < 4.78 is 11.8. The molecular formula is C30H40N2O7. The third-order valence-electron chi connectivity index (χ3n) is 8.98. The van der Waals surface area contributed by atoms with Crippen LogP contribution in [-0.4, -0.2) is 77.8 Å². The number of amides is 2. The average molecular weight is 541 g/mol. The first-order valence-corrected chi connectivity index (χ1v) is 14.4. The number of rotatable bonds is 10. The summed E-state index contributed by atoms with van der Waals surface area (Å²) in [6.07, 6.45) is 10.3. The van der Waals surface area contributed by atoms with Crippen molar-refractivity contribution in [3.8, 4) is 11.5 Å². The number of aldehydes is 1. The number of methoxy groups -OCH3 is 1. The molecule has 9 heteroatoms. The SMILES string of the molecule is COc1cc(C=O)cc2c1O[C@@H]1[C@@H](O)[C@H](N(C(=O)CCC3CCCC3)C3CCCC3)C=C(C(=O)NCCO)[C@H]21. The molecule has 3 aliphatic carbocycles. The predicted molar refractivity (Wildman–Crippen MR) is 144 cm³/mol. The van der Waals surface area contributed by atoms with E-state index in [9.17, 15) is 24.6 Å². The molecule has 4 atom stereocenters. The molecule has 3 N–H and O–H groups in total. The van der Waals surface area contributed by atoms with Gasteiger partial charge in [0.2, 0.25) is 11.8 Å². The summed E-state index contributed by atoms with van der Waals surface area (Å²) in [7, 11) is 1.48. The summed E-state index contributed by atoms with van der Waals surface area (Å²) in [6, 6.07) is 2.50. The molecule has 0 radical (unpaired) electrons. The topological polar surface area (TPSA) is 125 Å². The van der Waals surface area contributed by atoms with Crippen LogP contribution in [-0.2, 0) is 9.59 Å². The monoisotopic (exact) mass is 540 g/mol. The normalized spacial score (nSPS) is 26.4. The third-order valence-corrected chi connectivity index (χ3v) is 8.98. The highest BCUT2D eigenvalue weighted by Crippen LogP contribution is 2.51. The number of benzene rings is 1. The second-order valence-corrected chi connectivity index (χ2v) is 11.3. The Bertz CT molecular complexity index is 1110. The van der Waals surface area contributed by atoms with Gasteiger partial charge in [0.05, 0.1) is 25.7 Å². The molecule has 0 unspecified atom stereocenters. The van der Waals surface area contributed by atoms with Crippen LogP contribution in [0.15, 0.2) is 23.8 Å². The van der Waals surface area contributed by atoms with Crippen molar-refractivity contribution >= 4 is 18.1 Å². The number of hydrogen-bond donors (Lipinski definition) is 3. The Morgan fingerprint density at radius 2 is 1.87 bits per heavy atom. The number of aliphatic hydroxyl groups excluding tert-OH is 2. The van der Waals surface area contributed by atoms with Gasteiger partial charge < -0.3 is 29.9 Å². The van der Waals surface area contributed by atoms with Gasteiger partial charge in [-0.05, 0) is 43.4 Å². The van der Waals surface area contributed by atoms with Crippen LogP contribution in [0.2, 0.25) is 0 Å². The van der Waals surface area contributed by atoms with E-state index in [0.29, 0.717) is 46.8 Å². The van der Waals surface area contributed by atoms with Crippen LogP contribution in [0.5, 0.6) is 11.5 Å². The van der Waals surface area contributed by atoms with E-state index in [2.05, 4.69) is 5.32 Å². The van der Waals surface area contributed by atoms with Gasteiger partial charge in [0.15, 0.2) is 11.5 Å². The minimum absolute atomic E-state index is 0.00439. The molecule has 0 aromatic heterocycles. The Kier molecular flexibility index (Phi) is 8.57. The van der Waals surface area contributed by atoms with Crippen LogP contribution in [0, 0.1) is 5.92 Å². The Morgan fingerprint density at radius 1 is 1.15 bits per heavy atom. The number of nitrogens with zero attached hydrogens (tertiary/aromatic N) is 1. The minimum Gasteiger partial charge on any atom is -0.493 e. The van der Waals surface area contributed by atoms with Gasteiger partial charge >= 0.3 is 0 Å². The van der Waals surface area contributed by atoms with Crippen molar-refractivity contribution in [2.24, 2.45) is 5.92 Å². The Hall–Kier alpha value is -2.91. The maximum Gasteiger partial charge on any atom is 0.247 e. The smallest absolute Gasteiger partial charge is 0.247 e. The molecular weight excluding hydrogens is 500 g/mol. The lowest BCUT2D eigenvalue weighted by atomic mass is 9.77. The van der Waals surface area contributed by atoms with Crippen LogP contribution in [0.25, 0.3) is 0 Å². The van der Waals surface area contributed by atoms with Gasteiger partial charge in [0.25, 0.3) is 0 Å². The van der Waals surface area contributed by atoms with Crippen LogP contribution in [0.1, 0.15) is 86.0 Å². The molecule has 212 valence electrons. The fraction of sp³-hybridized carbons (Fsp3) is 0.633. The Balaban J connectivity index is 1.53. The predicted octanol–water partition coefficient (Wildman–Crippen LogP) is 2.87. The van der Waals surface area contributed by atoms with Crippen LogP contribution >= 0.6 is 0 Å². The van der Waals surface area contributed by atoms with Gasteiger partial charge in [0.1, 0.15) is 18.5 Å². The number of fused-ring (bicyclic) bond motifs is 3. The first kappa shape index (κ1) is 27.6. The summed E-state index contributed by atoms with van der Waals surface area (Å²) in [6.45, 7) is -0.151. The number of ether oxygens (including phenoxy) is 2. The molecule has 1 aromatic carbocycles. The first-order valence-electron chi connectivity index (χ1n) is 14.4. The van der Waals surface area contributed by atoms with E-state index in [1.807, 2.05) is 4.90 Å². The van der Waals surface area contributed by atoms with Crippen molar-refractivity contribution in [1.82, 2.24) is 10.2 Å². The van der Waals surface area contributed by atoms with Gasteiger partial charge in [-0.1, -0.05) is 38.5 Å². The molecule has 0 spiro atoms. The summed E-state index contributed by atoms with van der Waals surface area (Å²) in [5.74, 6) is 0.272. The molecule has 9 nitrogen and oxygen atoms in total. The third kappa shape index (κ3) is 5.43. The van der Waals surface area contributed by atoms with E-state index in [4.69, 9.17) is 9.47 Å². The van der Waals surface area contributed by atoms with Crippen molar-refractivity contribution in [2.75, 3.05) is 20.3 Å². The van der Waals surface area contributed by atoms with Gasteiger partial charge in [-0.2, -0.15) is 0 Å². The molecule has 1 heterocycles. The highest BCUT2D eigenvalue weighted by molar-refractivity contribution is 5.96. The van der Waals surface area contributed by atoms with Crippen molar-refractivity contribution in [2.45, 2.75) is 94.4 Å². The quantitative estimate of drug-likeness (QED) is 0.390. The van der Waals surface area contributed by atoms with E-state index in [1.165, 1.54) is 20.0 Å². The number of aliphatic hydroxyl groups is 2. The number of carbonyl (C=O) groups excluding carboxylic acids is 3. The summed E-state index contributed by atoms with van der Waals surface area (Å²) in [4.78, 5) is 40.8. The summed E-state index contributed by atoms with van der Waals surface area (Å²) in [5.41, 5.74) is 1.32. The average Bonchev–Trinajstić information content (AvgIpc) is 3.73. The van der Waals surface area contributed by atoms with Crippen molar-refractivity contribution < 1.29 is 34.1 Å². The van der Waals surface area contributed by atoms with E-state index in [-0.39, 0.29) is 25.1 Å². The van der Waals surface area contributed by atoms with Gasteiger partial charge in [-0.15, -0.1) is 0 Å². The fourth-order valence-corrected chi connectivity index (χ4v) is 7.08. The number of hydrogen-bond acceptors (Lipinski definition) is 7. The van der Waals surface area contributed by atoms with Crippen molar-refractivity contribution in [3.05, 3.63) is 34.9 Å². The largest absolute Gasteiger partial charge is 0.493 e. The molecule has 1 aromatic rings. The molecule has 0 bridgehead atoms. The zero-order valence-corrected chi connectivity index (χ0v) is 22.6. The minimum atomic E-state index is -1.09. The van der Waals surface area contributed by atoms with Crippen molar-refractivity contribution in [1.29, 1.82) is 0 Å². The Morgan fingerprint density at radius 3 is 2.54 bits per heavy atom. The lowest BCUT2D eigenvalue weighted by Crippen LogP contribution is -2.58. The van der Waals surface area contributed by atoms with Gasteiger partial charge in [-0.3, -0.25) is 14.4 Å². The molecule has 1 aliphatic heterocycles. The summed E-state index contributed by atoms with van der Waals surface area (Å²) in [5, 5.41) is 23.9. The fourth-order valence-electron chi connectivity index (χ4n) is 7.08. The maximum absolute atomic E-state index is 13.8. The standard InChI is InChI=1S/C30H40N2O7/c1-38-24-15-19(17-34)14-21-26-22(30(37)31-12-13-33)16-23(27(36)29(26)39-28(21)24)32(20-8-4-5-9-20)25(35)11-10-18-6-2-3-7-18/h14-18,20,23,26-27,29,33,36H,2-13H2,1H3,(H,31,37)/t23-,26+,27+,29+/m1/s1. The molecule has 2 saturated carbocycles. The lowest BCUT2D eigenvalue weighted by Gasteiger charge is -2.43. The van der Waals surface area contributed by atoms with Gasteiger partial charge in [-0.25, -0.2) is 0 Å². The van der Waals surface area contributed by atoms with Gasteiger partial charge in [0, 0.05) is 35.7 Å². The molecule has 39 heavy (non-hydrogen) atoms. The molecule has 0 saturated heterocycles. The van der Waals surface area contributed by atoms with E-state index in [0.717, 1.165) is 44.9 Å². The molecule has 2 fully saturated rings. The van der Waals surface area contributed by atoms with Crippen LogP contribution < -0.4 is 14.8 Å². The molecule has 2 amide bonds. The van der Waals surface area contributed by atoms with E-state index < -0.39 is 30.1 Å². The zero-order chi connectivity index (χ0) is 27.5. The highest BCUT2D eigenvalue weighted by atomic mass is 16.5. The highest BCUT2D eigenvalue weighted by Gasteiger charge is 2.52. The van der Waals surface area contributed by atoms with Crippen LogP contribution in [0.3, 0.4) is 0 Å². The summed E-state index contributed by atoms with van der Waals surface area (Å²) >= 11 is 0. The zero-order valence-electron chi connectivity index (χ0n) is 22.6. The second-order valence-electron chi connectivity index (χ2n) is 11.3. The molecule has 4 aliphatic rings. The second kappa shape index (κ2) is 12.1.